The number of imidazole rings is 1. The maximum absolute atomic E-state index is 4.06. The van der Waals surface area contributed by atoms with Crippen LogP contribution in [0, 0.1) is 0 Å². The summed E-state index contributed by atoms with van der Waals surface area (Å²) >= 11 is 0. The number of nitrogens with one attached hydrogen (secondary N) is 2. The molecule has 0 spiro atoms. The molecule has 92 valence electrons. The van der Waals surface area contributed by atoms with Crippen LogP contribution < -0.4 is 5.32 Å². The van der Waals surface area contributed by atoms with E-state index >= 15 is 0 Å². The number of fused-ring (bicyclic) bond motifs is 1. The maximum atomic E-state index is 4.06. The number of rotatable bonds is 3. The SMILES string of the molecule is CNc1ccc2c(c1)c(Cc1cnc[nH]1)cn2C. The van der Waals surface area contributed by atoms with Crippen molar-refractivity contribution in [3.05, 3.63) is 48.2 Å². The van der Waals surface area contributed by atoms with Crippen LogP contribution in [-0.2, 0) is 13.5 Å². The Balaban J connectivity index is 2.10. The van der Waals surface area contributed by atoms with E-state index in [0.29, 0.717) is 0 Å². The molecule has 0 unspecified atom stereocenters. The van der Waals surface area contributed by atoms with Crippen LogP contribution in [0.5, 0.6) is 0 Å². The normalized spacial score (nSPS) is 11.0. The summed E-state index contributed by atoms with van der Waals surface area (Å²) in [6, 6.07) is 6.45. The number of hydrogen-bond acceptors (Lipinski definition) is 2. The average Bonchev–Trinajstić information content (AvgIpc) is 2.99. The first kappa shape index (κ1) is 10.9. The molecule has 3 rings (SSSR count). The third-order valence-electron chi connectivity index (χ3n) is 3.30. The smallest absolute Gasteiger partial charge is 0.0921 e. The Morgan fingerprint density at radius 2 is 2.28 bits per heavy atom. The number of hydrogen-bond donors (Lipinski definition) is 2. The molecule has 0 bridgehead atoms. The van der Waals surface area contributed by atoms with E-state index in [-0.39, 0.29) is 0 Å². The first-order chi connectivity index (χ1) is 8.78. The molecule has 0 saturated heterocycles. The summed E-state index contributed by atoms with van der Waals surface area (Å²) in [5, 5.41) is 4.48. The van der Waals surface area contributed by atoms with E-state index in [2.05, 4.69) is 51.3 Å². The summed E-state index contributed by atoms with van der Waals surface area (Å²) < 4.78 is 2.17. The molecular weight excluding hydrogens is 224 g/mol. The molecule has 0 aliphatic rings. The van der Waals surface area contributed by atoms with E-state index in [9.17, 15) is 0 Å². The minimum Gasteiger partial charge on any atom is -0.388 e. The molecule has 0 saturated carbocycles. The van der Waals surface area contributed by atoms with Gasteiger partial charge in [0.05, 0.1) is 6.33 Å². The first-order valence-corrected chi connectivity index (χ1v) is 6.01. The zero-order valence-electron chi connectivity index (χ0n) is 10.6. The molecule has 3 aromatic rings. The van der Waals surface area contributed by atoms with Crippen LogP contribution in [0.1, 0.15) is 11.3 Å². The summed E-state index contributed by atoms with van der Waals surface area (Å²) in [4.78, 5) is 7.22. The van der Waals surface area contributed by atoms with Gasteiger partial charge in [0.15, 0.2) is 0 Å². The molecule has 4 heteroatoms. The number of aryl methyl sites for hydroxylation is 1. The van der Waals surface area contributed by atoms with E-state index in [1.54, 1.807) is 6.33 Å². The molecule has 2 heterocycles. The highest BCUT2D eigenvalue weighted by molar-refractivity contribution is 5.87. The van der Waals surface area contributed by atoms with Crippen molar-refractivity contribution in [2.45, 2.75) is 6.42 Å². The molecule has 0 aliphatic heterocycles. The molecule has 0 radical (unpaired) electrons. The maximum Gasteiger partial charge on any atom is 0.0921 e. The number of aromatic amines is 1. The molecular formula is C14H16N4. The van der Waals surface area contributed by atoms with Crippen molar-refractivity contribution in [1.29, 1.82) is 0 Å². The number of H-pyrrole nitrogens is 1. The van der Waals surface area contributed by atoms with Gasteiger partial charge in [-0.15, -0.1) is 0 Å². The molecule has 2 N–H and O–H groups in total. The zero-order chi connectivity index (χ0) is 12.5. The Morgan fingerprint density at radius 1 is 1.39 bits per heavy atom. The van der Waals surface area contributed by atoms with Crippen LogP contribution in [0.2, 0.25) is 0 Å². The lowest BCUT2D eigenvalue weighted by atomic mass is 10.1. The lowest BCUT2D eigenvalue weighted by Gasteiger charge is -2.02. The highest BCUT2D eigenvalue weighted by Gasteiger charge is 2.08. The van der Waals surface area contributed by atoms with E-state index in [1.165, 1.54) is 16.5 Å². The summed E-state index contributed by atoms with van der Waals surface area (Å²) in [5.41, 5.74) is 4.84. The Bertz CT molecular complexity index is 664. The third kappa shape index (κ3) is 1.76. The third-order valence-corrected chi connectivity index (χ3v) is 3.30. The van der Waals surface area contributed by atoms with Crippen LogP contribution in [0.4, 0.5) is 5.69 Å². The minimum atomic E-state index is 0.879. The van der Waals surface area contributed by atoms with Crippen molar-refractivity contribution in [1.82, 2.24) is 14.5 Å². The van der Waals surface area contributed by atoms with E-state index in [4.69, 9.17) is 0 Å². The predicted molar refractivity (Wildman–Crippen MR) is 73.9 cm³/mol. The number of anilines is 1. The van der Waals surface area contributed by atoms with Gasteiger partial charge in [-0.1, -0.05) is 0 Å². The molecule has 1 aromatic carbocycles. The Hall–Kier alpha value is -2.23. The van der Waals surface area contributed by atoms with Crippen LogP contribution in [-0.4, -0.2) is 21.6 Å². The second kappa shape index (κ2) is 4.22. The molecule has 0 amide bonds. The monoisotopic (exact) mass is 240 g/mol. The van der Waals surface area contributed by atoms with Crippen LogP contribution >= 0.6 is 0 Å². The summed E-state index contributed by atoms with van der Waals surface area (Å²) in [7, 11) is 4.02. The fraction of sp³-hybridized carbons (Fsp3) is 0.214. The fourth-order valence-corrected chi connectivity index (χ4v) is 2.36. The largest absolute Gasteiger partial charge is 0.388 e. The molecule has 0 fully saturated rings. The highest BCUT2D eigenvalue weighted by atomic mass is 14.9. The predicted octanol–water partition coefficient (Wildman–Crippen LogP) is 2.53. The van der Waals surface area contributed by atoms with E-state index in [0.717, 1.165) is 17.8 Å². The summed E-state index contributed by atoms with van der Waals surface area (Å²) in [5.74, 6) is 0. The van der Waals surface area contributed by atoms with Crippen molar-refractivity contribution in [3.8, 4) is 0 Å². The lowest BCUT2D eigenvalue weighted by molar-refractivity contribution is 0.955. The molecule has 4 nitrogen and oxygen atoms in total. The van der Waals surface area contributed by atoms with Gasteiger partial charge in [0.25, 0.3) is 0 Å². The van der Waals surface area contributed by atoms with Crippen molar-refractivity contribution >= 4 is 16.6 Å². The quantitative estimate of drug-likeness (QED) is 0.739. The topological polar surface area (TPSA) is 45.6 Å². The second-order valence-corrected chi connectivity index (χ2v) is 4.50. The van der Waals surface area contributed by atoms with Crippen molar-refractivity contribution in [2.24, 2.45) is 7.05 Å². The van der Waals surface area contributed by atoms with Crippen LogP contribution in [0.3, 0.4) is 0 Å². The van der Waals surface area contributed by atoms with Gasteiger partial charge in [-0.05, 0) is 23.8 Å². The van der Waals surface area contributed by atoms with E-state index < -0.39 is 0 Å². The van der Waals surface area contributed by atoms with Gasteiger partial charge < -0.3 is 14.9 Å². The molecule has 2 aromatic heterocycles. The van der Waals surface area contributed by atoms with Crippen molar-refractivity contribution in [3.63, 3.8) is 0 Å². The minimum absolute atomic E-state index is 0.879. The fourth-order valence-electron chi connectivity index (χ4n) is 2.36. The Kier molecular flexibility index (Phi) is 2.55. The van der Waals surface area contributed by atoms with Gasteiger partial charge in [-0.2, -0.15) is 0 Å². The van der Waals surface area contributed by atoms with Crippen LogP contribution in [0.15, 0.2) is 36.9 Å². The second-order valence-electron chi connectivity index (χ2n) is 4.50. The molecule has 0 atom stereocenters. The average molecular weight is 240 g/mol. The number of benzene rings is 1. The zero-order valence-corrected chi connectivity index (χ0v) is 10.6. The van der Waals surface area contributed by atoms with Gasteiger partial charge in [0.2, 0.25) is 0 Å². The summed E-state index contributed by atoms with van der Waals surface area (Å²) in [6.45, 7) is 0. The Labute approximate surface area is 106 Å². The summed E-state index contributed by atoms with van der Waals surface area (Å²) in [6.07, 6.45) is 6.66. The number of nitrogens with zero attached hydrogens (tertiary/aromatic N) is 2. The molecule has 18 heavy (non-hydrogen) atoms. The first-order valence-electron chi connectivity index (χ1n) is 6.01. The molecule has 0 aliphatic carbocycles. The standard InChI is InChI=1S/C14H16N4/c1-15-11-3-4-14-13(6-11)10(8-18(14)2)5-12-7-16-9-17-12/h3-4,6-9,15H,5H2,1-2H3,(H,16,17). The van der Waals surface area contributed by atoms with Gasteiger partial charge in [0, 0.05) is 55.2 Å². The van der Waals surface area contributed by atoms with Gasteiger partial charge in [-0.3, -0.25) is 0 Å². The van der Waals surface area contributed by atoms with Gasteiger partial charge in [-0.25, -0.2) is 4.98 Å². The van der Waals surface area contributed by atoms with Crippen LogP contribution in [0.25, 0.3) is 10.9 Å². The highest BCUT2D eigenvalue weighted by Crippen LogP contribution is 2.25. The Morgan fingerprint density at radius 3 is 3.00 bits per heavy atom. The van der Waals surface area contributed by atoms with Crippen molar-refractivity contribution < 1.29 is 0 Å². The van der Waals surface area contributed by atoms with Gasteiger partial charge in [0.1, 0.15) is 0 Å². The lowest BCUT2D eigenvalue weighted by Crippen LogP contribution is -1.89. The van der Waals surface area contributed by atoms with Gasteiger partial charge >= 0.3 is 0 Å². The number of aromatic nitrogens is 3. The van der Waals surface area contributed by atoms with E-state index in [1.807, 2.05) is 13.2 Å². The van der Waals surface area contributed by atoms with Crippen molar-refractivity contribution in [2.75, 3.05) is 12.4 Å².